The minimum atomic E-state index is -4.84. The van der Waals surface area contributed by atoms with E-state index in [1.807, 2.05) is 0 Å². The molecule has 2 unspecified atom stereocenters. The van der Waals surface area contributed by atoms with Gasteiger partial charge in [-0.3, -0.25) is 0 Å². The van der Waals surface area contributed by atoms with Crippen LogP contribution in [0.3, 0.4) is 0 Å². The number of benzene rings is 2. The quantitative estimate of drug-likeness (QED) is 0.201. The Labute approximate surface area is 254 Å². The summed E-state index contributed by atoms with van der Waals surface area (Å²) in [7, 11) is 1.50. The summed E-state index contributed by atoms with van der Waals surface area (Å²) >= 11 is 1.46. The van der Waals surface area contributed by atoms with E-state index in [1.54, 1.807) is 18.2 Å². The van der Waals surface area contributed by atoms with Crippen LogP contribution in [0.5, 0.6) is 11.5 Å². The molecule has 2 atom stereocenters. The van der Waals surface area contributed by atoms with E-state index in [1.165, 1.54) is 36.6 Å². The van der Waals surface area contributed by atoms with Crippen LogP contribution >= 0.6 is 11.3 Å². The van der Waals surface area contributed by atoms with E-state index in [0.717, 1.165) is 48.4 Å². The Morgan fingerprint density at radius 2 is 1.86 bits per heavy atom. The van der Waals surface area contributed by atoms with Crippen molar-refractivity contribution < 1.29 is 41.8 Å². The van der Waals surface area contributed by atoms with Crippen LogP contribution in [-0.4, -0.2) is 52.4 Å². The molecule has 2 aromatic carbocycles. The van der Waals surface area contributed by atoms with Crippen LogP contribution in [0.4, 0.5) is 18.3 Å². The van der Waals surface area contributed by atoms with Crippen molar-refractivity contribution in [2.24, 2.45) is 0 Å². The van der Waals surface area contributed by atoms with Gasteiger partial charge in [0.15, 0.2) is 5.13 Å². The minimum absolute atomic E-state index is 0.150. The van der Waals surface area contributed by atoms with Gasteiger partial charge in [0.05, 0.1) is 29.6 Å². The highest BCUT2D eigenvalue weighted by atomic mass is 32.1. The summed E-state index contributed by atoms with van der Waals surface area (Å²) in [4.78, 5) is 18.8. The number of ether oxygens (including phenoxy) is 3. The highest BCUT2D eigenvalue weighted by Gasteiger charge is 2.48. The number of methoxy groups -OCH3 is 1. The van der Waals surface area contributed by atoms with E-state index in [0.29, 0.717) is 28.3 Å². The fraction of sp³-hybridized carbons (Fsp3) is 0.452. The van der Waals surface area contributed by atoms with Crippen molar-refractivity contribution in [1.29, 1.82) is 0 Å². The van der Waals surface area contributed by atoms with Crippen molar-refractivity contribution in [3.05, 3.63) is 53.3 Å². The number of carboxylic acid groups (broad SMARTS) is 1. The second kappa shape index (κ2) is 10.7. The van der Waals surface area contributed by atoms with Gasteiger partial charge in [0.25, 0.3) is 0 Å². The van der Waals surface area contributed by atoms with Crippen molar-refractivity contribution in [3.63, 3.8) is 0 Å². The highest BCUT2D eigenvalue weighted by Crippen LogP contribution is 2.49. The maximum atomic E-state index is 13.2. The molecule has 2 aliphatic heterocycles. The van der Waals surface area contributed by atoms with Crippen LogP contribution in [0.2, 0.25) is 0 Å². The number of anilines is 1. The van der Waals surface area contributed by atoms with Crippen LogP contribution in [0.25, 0.3) is 21.5 Å². The van der Waals surface area contributed by atoms with Crippen LogP contribution < -0.4 is 14.4 Å². The third kappa shape index (κ3) is 5.36. The normalized spacial score (nSPS) is 23.3. The number of hydrogen-bond acceptors (Lipinski definition) is 9. The third-order valence-corrected chi connectivity index (χ3v) is 9.81. The highest BCUT2D eigenvalue weighted by molar-refractivity contribution is 7.22. The average Bonchev–Trinajstić information content (AvgIpc) is 3.47. The van der Waals surface area contributed by atoms with Crippen molar-refractivity contribution in [2.75, 3.05) is 12.0 Å². The number of halogens is 3. The molecule has 232 valence electrons. The number of carbonyl (C=O) groups is 1. The fourth-order valence-electron chi connectivity index (χ4n) is 6.71. The number of hydrogen-bond donors (Lipinski definition) is 1. The second-order valence-electron chi connectivity index (χ2n) is 12.0. The van der Waals surface area contributed by atoms with Crippen molar-refractivity contribution in [3.8, 4) is 22.8 Å². The molecule has 2 aromatic heterocycles. The molecule has 1 aliphatic carbocycles. The van der Waals surface area contributed by atoms with Crippen LogP contribution in [0.15, 0.2) is 40.9 Å². The number of thiazole rings is 1. The molecule has 2 saturated heterocycles. The molecule has 2 bridgehead atoms. The lowest BCUT2D eigenvalue weighted by Crippen LogP contribution is -2.51. The predicted octanol–water partition coefficient (Wildman–Crippen LogP) is 7.54. The number of piperidine rings is 1. The van der Waals surface area contributed by atoms with Gasteiger partial charge in [-0.05, 0) is 69.7 Å². The van der Waals surface area contributed by atoms with E-state index < -0.39 is 17.9 Å². The number of alkyl halides is 3. The fourth-order valence-corrected chi connectivity index (χ4v) is 7.88. The first-order chi connectivity index (χ1) is 21.0. The number of para-hydroxylation sites is 1. The molecule has 0 amide bonds. The van der Waals surface area contributed by atoms with Gasteiger partial charge < -0.3 is 28.7 Å². The van der Waals surface area contributed by atoms with Crippen LogP contribution in [0, 0.1) is 0 Å². The molecule has 1 saturated carbocycles. The van der Waals surface area contributed by atoms with E-state index >= 15 is 0 Å². The lowest BCUT2D eigenvalue weighted by Gasteiger charge is -2.44. The summed E-state index contributed by atoms with van der Waals surface area (Å²) in [6.45, 7) is 2.23. The first kappa shape index (κ1) is 28.9. The van der Waals surface area contributed by atoms with Gasteiger partial charge in [-0.1, -0.05) is 28.6 Å². The Bertz CT molecular complexity index is 1720. The molecule has 4 heterocycles. The first-order valence-corrected chi connectivity index (χ1v) is 15.3. The molecule has 3 fully saturated rings. The first-order valence-electron chi connectivity index (χ1n) is 14.5. The van der Waals surface area contributed by atoms with Gasteiger partial charge in [-0.15, -0.1) is 13.2 Å². The maximum Gasteiger partial charge on any atom is 0.573 e. The predicted molar refractivity (Wildman–Crippen MR) is 155 cm³/mol. The summed E-state index contributed by atoms with van der Waals surface area (Å²) in [5.41, 5.74) is 1.47. The minimum Gasteiger partial charge on any atom is -0.494 e. The van der Waals surface area contributed by atoms with Gasteiger partial charge in [0.1, 0.15) is 28.5 Å². The number of aromatic carboxylic acids is 1. The summed E-state index contributed by atoms with van der Waals surface area (Å²) in [5.74, 6) is -0.0946. The van der Waals surface area contributed by atoms with Crippen molar-refractivity contribution in [1.82, 2.24) is 10.1 Å². The van der Waals surface area contributed by atoms with Crippen LogP contribution in [0.1, 0.15) is 73.0 Å². The molecule has 3 aliphatic rings. The molecule has 1 N–H and O–H groups in total. The van der Waals surface area contributed by atoms with Gasteiger partial charge in [0, 0.05) is 29.1 Å². The van der Waals surface area contributed by atoms with Crippen molar-refractivity contribution in [2.45, 2.75) is 82.0 Å². The van der Waals surface area contributed by atoms with Crippen LogP contribution in [-0.2, 0) is 11.3 Å². The lowest BCUT2D eigenvalue weighted by atomic mass is 9.87. The maximum absolute atomic E-state index is 13.2. The van der Waals surface area contributed by atoms with Gasteiger partial charge in [-0.25, -0.2) is 9.78 Å². The molecule has 0 radical (unpaired) electrons. The van der Waals surface area contributed by atoms with E-state index in [9.17, 15) is 23.1 Å². The second-order valence-corrected chi connectivity index (χ2v) is 13.0. The lowest BCUT2D eigenvalue weighted by molar-refractivity contribution is -0.274. The smallest absolute Gasteiger partial charge is 0.494 e. The third-order valence-electron chi connectivity index (χ3n) is 8.79. The molecule has 13 heteroatoms. The zero-order chi connectivity index (χ0) is 30.8. The summed E-state index contributed by atoms with van der Waals surface area (Å²) in [6, 6.07) is 9.40. The number of carboxylic acids is 1. The summed E-state index contributed by atoms with van der Waals surface area (Å²) in [6.07, 6.45) is 0.396. The molecule has 9 nitrogen and oxygen atoms in total. The van der Waals surface area contributed by atoms with Gasteiger partial charge in [0.2, 0.25) is 0 Å². The number of fused-ring (bicyclic) bond motifs is 3. The topological polar surface area (TPSA) is 107 Å². The zero-order valence-corrected chi connectivity index (χ0v) is 24.8. The number of nitrogens with zero attached hydrogens (tertiary/aromatic N) is 3. The van der Waals surface area contributed by atoms with E-state index in [-0.39, 0.29) is 41.5 Å². The SMILES string of the molecule is COc1cc(C(=O)O)cc2sc(N3C4CCC3CC(C)(OCc3c(-c5ccccc5OC(F)(F)F)noc3C3CC3)C4)nc12. The monoisotopic (exact) mass is 629 g/mol. The molecule has 0 spiro atoms. The molecular formula is C31H30F3N3O6S. The Morgan fingerprint density at radius 1 is 1.14 bits per heavy atom. The molecule has 4 aromatic rings. The van der Waals surface area contributed by atoms with E-state index in [4.69, 9.17) is 19.0 Å². The Morgan fingerprint density at radius 3 is 2.52 bits per heavy atom. The van der Waals surface area contributed by atoms with Gasteiger partial charge >= 0.3 is 12.3 Å². The molecular weight excluding hydrogens is 599 g/mol. The Hall–Kier alpha value is -3.84. The van der Waals surface area contributed by atoms with Gasteiger partial charge in [-0.2, -0.15) is 0 Å². The summed E-state index contributed by atoms with van der Waals surface area (Å²) < 4.78 is 62.4. The molecule has 7 rings (SSSR count). The van der Waals surface area contributed by atoms with E-state index in [2.05, 4.69) is 21.7 Å². The largest absolute Gasteiger partial charge is 0.573 e. The molecule has 44 heavy (non-hydrogen) atoms. The number of rotatable bonds is 9. The zero-order valence-electron chi connectivity index (χ0n) is 24.0. The Balaban J connectivity index is 1.13. The standard InChI is InChI=1S/C31H30F3N3O6S/c1-30(41-15-21-25(36-43-27(21)16-7-8-16)20-5-3-4-6-22(20)42-31(32,33)34)13-18-9-10-19(14-30)37(18)29-35-26-23(40-2)11-17(28(38)39)12-24(26)44-29/h3-6,11-12,16,18-19H,7-10,13-15H2,1-2H3,(H,38,39). The number of aromatic nitrogens is 2. The summed E-state index contributed by atoms with van der Waals surface area (Å²) in [5, 5.41) is 14.6. The van der Waals surface area contributed by atoms with Crippen molar-refractivity contribution >= 4 is 32.7 Å². The average molecular weight is 630 g/mol. The Kier molecular flexibility index (Phi) is 7.00.